The average molecular weight is 777 g/mol. The van der Waals surface area contributed by atoms with E-state index in [9.17, 15) is 5.11 Å². The van der Waals surface area contributed by atoms with E-state index in [4.69, 9.17) is 37.7 Å². The van der Waals surface area contributed by atoms with E-state index in [-0.39, 0.29) is 33.7 Å². The number of hydrogen-bond acceptors (Lipinski definition) is 12. The van der Waals surface area contributed by atoms with E-state index in [0.29, 0.717) is 42.5 Å². The van der Waals surface area contributed by atoms with E-state index in [1.165, 1.54) is 4.68 Å². The second kappa shape index (κ2) is 14.5. The number of nitrogens with one attached hydrogen (secondary N) is 1. The SMILES string of the molecule is CC(C)(C)[Si](C)(C)OC[C@H]1O[C@@H](n2cnc3c(NC4CCOC4)nc(-n4cc(CO)nn4)nc32)[C@H](O[Si](C)(C)C(C)(C)C)[C@@H]1O[Si](C)(C)C(C)(C)C. The Hall–Kier alpha value is -2.10. The van der Waals surface area contributed by atoms with Crippen molar-refractivity contribution in [2.24, 2.45) is 0 Å². The van der Waals surface area contributed by atoms with Gasteiger partial charge in [0.15, 0.2) is 48.2 Å². The van der Waals surface area contributed by atoms with Crippen molar-refractivity contribution in [3.8, 4) is 5.95 Å². The normalized spacial score (nSPS) is 24.0. The molecule has 2 N–H and O–H groups in total. The van der Waals surface area contributed by atoms with E-state index >= 15 is 0 Å². The highest BCUT2D eigenvalue weighted by molar-refractivity contribution is 6.75. The highest BCUT2D eigenvalue weighted by Crippen LogP contribution is 2.47. The van der Waals surface area contributed by atoms with Crippen molar-refractivity contribution in [2.45, 2.75) is 160 Å². The molecule has 2 saturated heterocycles. The number of aliphatic hydroxyl groups is 1. The summed E-state index contributed by atoms with van der Waals surface area (Å²) in [6.45, 7) is 35.3. The average Bonchev–Trinajstić information content (AvgIpc) is 3.82. The van der Waals surface area contributed by atoms with Crippen LogP contribution in [-0.2, 0) is 29.4 Å². The minimum Gasteiger partial charge on any atom is -0.414 e. The summed E-state index contributed by atoms with van der Waals surface area (Å²) in [5, 5.41) is 21.5. The second-order valence-corrected chi connectivity index (χ2v) is 33.4. The van der Waals surface area contributed by atoms with Crippen LogP contribution < -0.4 is 5.32 Å². The number of imidazole rings is 1. The number of aliphatic hydroxyl groups excluding tert-OH is 1. The molecule has 3 aromatic heterocycles. The molecule has 5 rings (SSSR count). The lowest BCUT2D eigenvalue weighted by Gasteiger charge is -2.44. The zero-order chi connectivity index (χ0) is 38.7. The first kappa shape index (κ1) is 41.1. The van der Waals surface area contributed by atoms with E-state index < -0.39 is 49.5 Å². The van der Waals surface area contributed by atoms with Gasteiger partial charge in [0.1, 0.15) is 24.0 Å². The van der Waals surface area contributed by atoms with Crippen LogP contribution in [0.15, 0.2) is 12.5 Å². The molecule has 2 aliphatic rings. The van der Waals surface area contributed by atoms with E-state index in [1.807, 2.05) is 4.57 Å². The predicted molar refractivity (Wildman–Crippen MR) is 210 cm³/mol. The molecule has 5 atom stereocenters. The maximum absolute atomic E-state index is 9.73. The lowest BCUT2D eigenvalue weighted by Crippen LogP contribution is -2.54. The summed E-state index contributed by atoms with van der Waals surface area (Å²) in [4.78, 5) is 14.7. The van der Waals surface area contributed by atoms with Gasteiger partial charge >= 0.3 is 0 Å². The van der Waals surface area contributed by atoms with Crippen molar-refractivity contribution >= 4 is 41.9 Å². The van der Waals surface area contributed by atoms with Crippen LogP contribution in [0, 0.1) is 0 Å². The van der Waals surface area contributed by atoms with E-state index in [2.05, 4.69) is 117 Å². The number of rotatable bonds is 12. The van der Waals surface area contributed by atoms with Gasteiger partial charge < -0.3 is 33.2 Å². The van der Waals surface area contributed by atoms with Crippen LogP contribution in [0.25, 0.3) is 17.1 Å². The largest absolute Gasteiger partial charge is 0.414 e. The number of nitrogens with zero attached hydrogens (tertiary/aromatic N) is 7. The molecule has 17 heteroatoms. The van der Waals surface area contributed by atoms with Gasteiger partial charge in [-0.15, -0.1) is 5.10 Å². The molecule has 5 heterocycles. The van der Waals surface area contributed by atoms with E-state index in [1.54, 1.807) is 12.5 Å². The first-order valence-corrected chi connectivity index (χ1v) is 27.3. The Morgan fingerprint density at radius 3 is 2.04 bits per heavy atom. The maximum Gasteiger partial charge on any atom is 0.256 e. The van der Waals surface area contributed by atoms with E-state index in [0.717, 1.165) is 6.42 Å². The summed E-state index contributed by atoms with van der Waals surface area (Å²) < 4.78 is 37.9. The molecule has 2 fully saturated rings. The first-order valence-electron chi connectivity index (χ1n) is 18.6. The van der Waals surface area contributed by atoms with Crippen LogP contribution in [0.4, 0.5) is 5.82 Å². The fraction of sp³-hybridized carbons (Fsp3) is 0.800. The van der Waals surface area contributed by atoms with Gasteiger partial charge in [0.05, 0.1) is 38.4 Å². The number of ether oxygens (including phenoxy) is 2. The Bertz CT molecular complexity index is 1690. The molecule has 0 aliphatic carbocycles. The van der Waals surface area contributed by atoms with Crippen LogP contribution in [0.5, 0.6) is 0 Å². The van der Waals surface area contributed by atoms with Crippen LogP contribution in [-0.4, -0.2) is 109 Å². The van der Waals surface area contributed by atoms with Crippen molar-refractivity contribution in [1.82, 2.24) is 34.5 Å². The van der Waals surface area contributed by atoms with Crippen LogP contribution >= 0.6 is 0 Å². The minimum atomic E-state index is -2.39. The van der Waals surface area contributed by atoms with Crippen molar-refractivity contribution < 1.29 is 27.9 Å². The zero-order valence-electron chi connectivity index (χ0n) is 34.2. The summed E-state index contributed by atoms with van der Waals surface area (Å²) >= 11 is 0. The maximum atomic E-state index is 9.73. The van der Waals surface area contributed by atoms with Gasteiger partial charge in [-0.1, -0.05) is 67.5 Å². The topological polar surface area (TPSA) is 153 Å². The third kappa shape index (κ3) is 8.41. The van der Waals surface area contributed by atoms with Gasteiger partial charge in [-0.3, -0.25) is 4.57 Å². The number of fused-ring (bicyclic) bond motifs is 1. The Labute approximate surface area is 313 Å². The second-order valence-electron chi connectivity index (χ2n) is 19.0. The third-order valence-corrected chi connectivity index (χ3v) is 25.5. The van der Waals surface area contributed by atoms with Gasteiger partial charge in [0, 0.05) is 6.61 Å². The Balaban J connectivity index is 1.67. The van der Waals surface area contributed by atoms with Crippen molar-refractivity contribution in [3.63, 3.8) is 0 Å². The molecule has 0 radical (unpaired) electrons. The predicted octanol–water partition coefficient (Wildman–Crippen LogP) is 6.80. The highest BCUT2D eigenvalue weighted by Gasteiger charge is 2.55. The molecule has 2 aliphatic heterocycles. The summed E-state index contributed by atoms with van der Waals surface area (Å²) in [6, 6.07) is 0.0662. The highest BCUT2D eigenvalue weighted by atomic mass is 28.4. The lowest BCUT2D eigenvalue weighted by atomic mass is 10.1. The van der Waals surface area contributed by atoms with Crippen molar-refractivity contribution in [3.05, 3.63) is 18.2 Å². The summed E-state index contributed by atoms with van der Waals surface area (Å²) in [6.07, 6.45) is 2.32. The van der Waals surface area contributed by atoms with Gasteiger partial charge in [-0.2, -0.15) is 14.6 Å². The lowest BCUT2D eigenvalue weighted by molar-refractivity contribution is -0.0470. The van der Waals surface area contributed by atoms with Crippen LogP contribution in [0.1, 0.15) is 80.7 Å². The molecule has 1 unspecified atom stereocenters. The smallest absolute Gasteiger partial charge is 0.256 e. The molecule has 292 valence electrons. The molecular weight excluding hydrogens is 713 g/mol. The van der Waals surface area contributed by atoms with Crippen LogP contribution in [0.2, 0.25) is 54.4 Å². The molecule has 0 bridgehead atoms. The standard InChI is InChI=1S/C35H64N8O6Si3/c1-33(2,3)50(10,11)46-21-25-27(48-51(12,13)34(4,5)6)28(49-52(14,15)35(7,8)9)31(47-25)42-22-36-26-29(37-23-16-17-45-20-23)38-32(39-30(26)42)43-18-24(19-44)40-41-43/h18,22-23,25,27-28,31,44H,16-17,19-21H2,1-15H3,(H,37,38,39)/t23?,25-,27-,28-,31-/m1/s1. The zero-order valence-corrected chi connectivity index (χ0v) is 37.2. The molecule has 0 amide bonds. The number of anilines is 1. The summed E-state index contributed by atoms with van der Waals surface area (Å²) in [5.41, 5.74) is 1.56. The fourth-order valence-corrected chi connectivity index (χ4v) is 9.10. The quantitative estimate of drug-likeness (QED) is 0.186. The molecular formula is C35H64N8O6Si3. The van der Waals surface area contributed by atoms with Crippen molar-refractivity contribution in [1.29, 1.82) is 0 Å². The van der Waals surface area contributed by atoms with Crippen molar-refractivity contribution in [2.75, 3.05) is 25.1 Å². The molecule has 0 spiro atoms. The Morgan fingerprint density at radius 1 is 0.885 bits per heavy atom. The first-order chi connectivity index (χ1) is 23.8. The van der Waals surface area contributed by atoms with Gasteiger partial charge in [0.2, 0.25) is 0 Å². The summed E-state index contributed by atoms with van der Waals surface area (Å²) in [5.74, 6) is 0.844. The van der Waals surface area contributed by atoms with Gasteiger partial charge in [-0.25, -0.2) is 4.98 Å². The molecule has 14 nitrogen and oxygen atoms in total. The summed E-state index contributed by atoms with van der Waals surface area (Å²) in [7, 11) is -6.88. The monoisotopic (exact) mass is 776 g/mol. The Morgan fingerprint density at radius 2 is 1.50 bits per heavy atom. The molecule has 0 aromatic carbocycles. The Kier molecular flexibility index (Phi) is 11.5. The number of hydrogen-bond donors (Lipinski definition) is 2. The van der Waals surface area contributed by atoms with Crippen LogP contribution in [0.3, 0.4) is 0 Å². The van der Waals surface area contributed by atoms with Gasteiger partial charge in [-0.05, 0) is 60.8 Å². The molecule has 3 aromatic rings. The molecule has 52 heavy (non-hydrogen) atoms. The fourth-order valence-electron chi connectivity index (χ4n) is 5.48. The number of aromatic nitrogens is 7. The molecule has 0 saturated carbocycles. The minimum absolute atomic E-state index is 0.0245. The third-order valence-electron chi connectivity index (χ3n) is 12.0. The van der Waals surface area contributed by atoms with Gasteiger partial charge in [0.25, 0.3) is 5.95 Å².